The number of carbonyl (C=O) groups is 1. The van der Waals surface area contributed by atoms with Gasteiger partial charge in [-0.3, -0.25) is 4.79 Å². The van der Waals surface area contributed by atoms with Crippen molar-refractivity contribution >= 4 is 18.3 Å². The number of para-hydroxylation sites is 1. The highest BCUT2D eigenvalue weighted by Crippen LogP contribution is 2.36. The molecule has 5 nitrogen and oxygen atoms in total. The van der Waals surface area contributed by atoms with Gasteiger partial charge in [-0.1, -0.05) is 19.1 Å². The van der Waals surface area contributed by atoms with Crippen molar-refractivity contribution in [2.24, 2.45) is 0 Å². The monoisotopic (exact) mass is 382 g/mol. The van der Waals surface area contributed by atoms with Crippen LogP contribution in [0.5, 0.6) is 5.75 Å². The predicted octanol–water partition coefficient (Wildman–Crippen LogP) is 2.39. The van der Waals surface area contributed by atoms with Crippen LogP contribution in [0.4, 0.5) is 13.2 Å². The summed E-state index contributed by atoms with van der Waals surface area (Å²) in [7, 11) is 0. The standard InChI is InChI=1S/C16H21F3N2O3.ClH/c1-2-11(9-21-15(22)13-10-23-8-7-20-13)24-14-6-4-3-5-12(14)16(17,18)19;/h3-6,11,13,20H,2,7-10H2,1H3,(H,21,22);1H. The van der Waals surface area contributed by atoms with Gasteiger partial charge in [-0.25, -0.2) is 0 Å². The Morgan fingerprint density at radius 1 is 1.44 bits per heavy atom. The van der Waals surface area contributed by atoms with Crippen molar-refractivity contribution in [3.63, 3.8) is 0 Å². The maximum atomic E-state index is 13.0. The molecule has 25 heavy (non-hydrogen) atoms. The molecule has 0 aromatic heterocycles. The van der Waals surface area contributed by atoms with E-state index < -0.39 is 23.9 Å². The molecule has 1 heterocycles. The van der Waals surface area contributed by atoms with Gasteiger partial charge in [0.25, 0.3) is 0 Å². The van der Waals surface area contributed by atoms with Gasteiger partial charge in [0.2, 0.25) is 5.91 Å². The van der Waals surface area contributed by atoms with E-state index in [0.717, 1.165) is 6.07 Å². The molecule has 1 aromatic rings. The van der Waals surface area contributed by atoms with Gasteiger partial charge in [0.1, 0.15) is 17.9 Å². The SMILES string of the molecule is CCC(CNC(=O)C1COCCN1)Oc1ccccc1C(F)(F)F.Cl. The summed E-state index contributed by atoms with van der Waals surface area (Å²) >= 11 is 0. The zero-order valence-corrected chi connectivity index (χ0v) is 14.6. The van der Waals surface area contributed by atoms with Crippen molar-refractivity contribution in [3.8, 4) is 5.75 Å². The van der Waals surface area contributed by atoms with Crippen molar-refractivity contribution in [1.82, 2.24) is 10.6 Å². The smallest absolute Gasteiger partial charge is 0.419 e. The normalized spacial score (nSPS) is 18.8. The molecule has 1 aliphatic heterocycles. The minimum Gasteiger partial charge on any atom is -0.488 e. The molecule has 1 amide bonds. The lowest BCUT2D eigenvalue weighted by Crippen LogP contribution is -2.52. The highest BCUT2D eigenvalue weighted by molar-refractivity contribution is 5.85. The number of hydrogen-bond donors (Lipinski definition) is 2. The Balaban J connectivity index is 0.00000312. The molecule has 2 rings (SSSR count). The second kappa shape index (κ2) is 9.84. The van der Waals surface area contributed by atoms with E-state index in [-0.39, 0.29) is 37.2 Å². The van der Waals surface area contributed by atoms with Gasteiger partial charge in [-0.15, -0.1) is 12.4 Å². The first-order valence-electron chi connectivity index (χ1n) is 7.83. The number of halogens is 4. The molecule has 2 N–H and O–H groups in total. The summed E-state index contributed by atoms with van der Waals surface area (Å²) in [4.78, 5) is 12.0. The predicted molar refractivity (Wildman–Crippen MR) is 89.0 cm³/mol. The lowest BCUT2D eigenvalue weighted by Gasteiger charge is -2.25. The number of nitrogens with one attached hydrogen (secondary N) is 2. The number of amides is 1. The molecule has 0 saturated carbocycles. The number of carbonyl (C=O) groups excluding carboxylic acids is 1. The first-order valence-corrected chi connectivity index (χ1v) is 7.83. The summed E-state index contributed by atoms with van der Waals surface area (Å²) in [5.74, 6) is -0.480. The summed E-state index contributed by atoms with van der Waals surface area (Å²) in [5.41, 5.74) is -0.822. The lowest BCUT2D eigenvalue weighted by atomic mass is 10.2. The van der Waals surface area contributed by atoms with Crippen LogP contribution >= 0.6 is 12.4 Å². The van der Waals surface area contributed by atoms with Crippen molar-refractivity contribution in [2.75, 3.05) is 26.3 Å². The molecular formula is C16H22ClF3N2O3. The third-order valence-corrected chi connectivity index (χ3v) is 3.68. The van der Waals surface area contributed by atoms with Crippen LogP contribution in [0.3, 0.4) is 0 Å². The zero-order chi connectivity index (χ0) is 17.6. The second-order valence-corrected chi connectivity index (χ2v) is 5.47. The van der Waals surface area contributed by atoms with Crippen molar-refractivity contribution < 1.29 is 27.4 Å². The highest BCUT2D eigenvalue weighted by Gasteiger charge is 2.34. The lowest BCUT2D eigenvalue weighted by molar-refractivity contribution is -0.139. The molecule has 1 aromatic carbocycles. The van der Waals surface area contributed by atoms with Crippen LogP contribution < -0.4 is 15.4 Å². The molecule has 142 valence electrons. The van der Waals surface area contributed by atoms with Crippen LogP contribution in [0.2, 0.25) is 0 Å². The topological polar surface area (TPSA) is 59.6 Å². The van der Waals surface area contributed by atoms with Crippen LogP contribution in [0.25, 0.3) is 0 Å². The van der Waals surface area contributed by atoms with Gasteiger partial charge in [0.15, 0.2) is 0 Å². The third-order valence-electron chi connectivity index (χ3n) is 3.68. The number of rotatable bonds is 6. The Hall–Kier alpha value is -1.51. The maximum Gasteiger partial charge on any atom is 0.419 e. The number of alkyl halides is 3. The number of hydrogen-bond acceptors (Lipinski definition) is 4. The van der Waals surface area contributed by atoms with E-state index in [2.05, 4.69) is 10.6 Å². The third kappa shape index (κ3) is 6.37. The fraction of sp³-hybridized carbons (Fsp3) is 0.562. The molecule has 9 heteroatoms. The Kier molecular flexibility index (Phi) is 8.47. The molecule has 0 spiro atoms. The largest absolute Gasteiger partial charge is 0.488 e. The molecule has 0 bridgehead atoms. The molecule has 0 aliphatic carbocycles. The summed E-state index contributed by atoms with van der Waals surface area (Å²) in [6, 6.07) is 4.61. The summed E-state index contributed by atoms with van der Waals surface area (Å²) in [6.07, 6.45) is -4.58. The molecule has 1 saturated heterocycles. The first kappa shape index (κ1) is 21.5. The average Bonchev–Trinajstić information content (AvgIpc) is 2.58. The maximum absolute atomic E-state index is 13.0. The van der Waals surface area contributed by atoms with E-state index in [0.29, 0.717) is 19.6 Å². The van der Waals surface area contributed by atoms with Crippen LogP contribution in [0.1, 0.15) is 18.9 Å². The molecule has 1 fully saturated rings. The van der Waals surface area contributed by atoms with Crippen LogP contribution in [0, 0.1) is 0 Å². The Morgan fingerprint density at radius 2 is 2.16 bits per heavy atom. The quantitative estimate of drug-likeness (QED) is 0.793. The van der Waals surface area contributed by atoms with E-state index in [1.807, 2.05) is 0 Å². The van der Waals surface area contributed by atoms with E-state index in [9.17, 15) is 18.0 Å². The molecule has 0 radical (unpaired) electrons. The highest BCUT2D eigenvalue weighted by atomic mass is 35.5. The molecule has 1 aliphatic rings. The van der Waals surface area contributed by atoms with Gasteiger partial charge in [0.05, 0.1) is 25.3 Å². The average molecular weight is 383 g/mol. The number of benzene rings is 1. The summed E-state index contributed by atoms with van der Waals surface area (Å²) in [6.45, 7) is 3.33. The molecule has 2 atom stereocenters. The fourth-order valence-corrected chi connectivity index (χ4v) is 2.32. The second-order valence-electron chi connectivity index (χ2n) is 5.47. The van der Waals surface area contributed by atoms with E-state index in [1.54, 1.807) is 6.92 Å². The molecule has 2 unspecified atom stereocenters. The fourth-order valence-electron chi connectivity index (χ4n) is 2.32. The van der Waals surface area contributed by atoms with Crippen molar-refractivity contribution in [1.29, 1.82) is 0 Å². The van der Waals surface area contributed by atoms with Crippen LogP contribution in [-0.2, 0) is 15.7 Å². The zero-order valence-electron chi connectivity index (χ0n) is 13.8. The van der Waals surface area contributed by atoms with E-state index in [1.165, 1.54) is 18.2 Å². The van der Waals surface area contributed by atoms with Gasteiger partial charge < -0.3 is 20.1 Å². The van der Waals surface area contributed by atoms with Crippen LogP contribution in [0.15, 0.2) is 24.3 Å². The Bertz CT molecular complexity index is 552. The van der Waals surface area contributed by atoms with Gasteiger partial charge in [0, 0.05) is 6.54 Å². The first-order chi connectivity index (χ1) is 11.4. The summed E-state index contributed by atoms with van der Waals surface area (Å²) in [5, 5.41) is 5.71. The van der Waals surface area contributed by atoms with Gasteiger partial charge in [-0.2, -0.15) is 13.2 Å². The van der Waals surface area contributed by atoms with Crippen molar-refractivity contribution in [2.45, 2.75) is 31.7 Å². The molecular weight excluding hydrogens is 361 g/mol. The van der Waals surface area contributed by atoms with E-state index in [4.69, 9.17) is 9.47 Å². The minimum absolute atomic E-state index is 0. The Morgan fingerprint density at radius 3 is 2.76 bits per heavy atom. The van der Waals surface area contributed by atoms with Crippen LogP contribution in [-0.4, -0.2) is 44.4 Å². The Labute approximate surface area is 150 Å². The minimum atomic E-state index is -4.48. The van der Waals surface area contributed by atoms with Crippen molar-refractivity contribution in [3.05, 3.63) is 29.8 Å². The number of morpholine rings is 1. The van der Waals surface area contributed by atoms with E-state index >= 15 is 0 Å². The van der Waals surface area contributed by atoms with Gasteiger partial charge >= 0.3 is 6.18 Å². The van der Waals surface area contributed by atoms with Gasteiger partial charge in [-0.05, 0) is 18.6 Å². The summed E-state index contributed by atoms with van der Waals surface area (Å²) < 4.78 is 49.6. The number of ether oxygens (including phenoxy) is 2.